The van der Waals surface area contributed by atoms with Gasteiger partial charge in [-0.1, -0.05) is 13.8 Å². The standard InChI is InChI=1S/C20H26O4/c1-13-3-7-20-12-24-18(22)16(20)9-15(21)10-17(20)19(13,2)6-4-14-5-8-23-11-14/h5,8-9,11,13,15,17,21H,3-4,6-7,10,12H2,1-2H3/t13-,15-,17-,19-,20+/m1/s1. The zero-order valence-electron chi connectivity index (χ0n) is 14.5. The Morgan fingerprint density at radius 2 is 2.25 bits per heavy atom. The lowest BCUT2D eigenvalue weighted by Gasteiger charge is -2.57. The Balaban J connectivity index is 1.69. The predicted octanol–water partition coefficient (Wildman–Crippen LogP) is 3.50. The molecule has 1 N–H and O–H groups in total. The molecular formula is C20H26O4. The van der Waals surface area contributed by atoms with Crippen LogP contribution in [0.25, 0.3) is 0 Å². The van der Waals surface area contributed by atoms with Crippen LogP contribution in [-0.2, 0) is 16.0 Å². The van der Waals surface area contributed by atoms with E-state index >= 15 is 0 Å². The second kappa shape index (κ2) is 5.48. The Hall–Kier alpha value is -1.55. The molecule has 2 fully saturated rings. The molecule has 1 spiro atoms. The van der Waals surface area contributed by atoms with Gasteiger partial charge in [0, 0.05) is 11.0 Å². The molecule has 4 nitrogen and oxygen atoms in total. The zero-order valence-corrected chi connectivity index (χ0v) is 14.5. The van der Waals surface area contributed by atoms with Crippen molar-refractivity contribution in [2.75, 3.05) is 6.61 Å². The predicted molar refractivity (Wildman–Crippen MR) is 89.1 cm³/mol. The van der Waals surface area contributed by atoms with E-state index in [1.807, 2.05) is 12.3 Å². The van der Waals surface area contributed by atoms with Gasteiger partial charge in [-0.3, -0.25) is 0 Å². The lowest BCUT2D eigenvalue weighted by molar-refractivity contribution is -0.135. The van der Waals surface area contributed by atoms with Crippen LogP contribution < -0.4 is 0 Å². The largest absolute Gasteiger partial charge is 0.472 e. The number of cyclic esters (lactones) is 1. The zero-order chi connectivity index (χ0) is 16.9. The molecule has 1 aromatic heterocycles. The third kappa shape index (κ3) is 2.19. The SMILES string of the molecule is C[C@@H]1CC[C@]23COC(=O)C2=C[C@@H](O)C[C@@H]3[C@]1(C)CCc1ccoc1. The number of aliphatic hydroxyl groups excluding tert-OH is 1. The number of aryl methyl sites for hydroxylation is 1. The molecule has 0 aromatic carbocycles. The monoisotopic (exact) mass is 330 g/mol. The molecule has 4 rings (SSSR count). The molecule has 130 valence electrons. The first-order valence-corrected chi connectivity index (χ1v) is 9.04. The number of ether oxygens (including phenoxy) is 1. The molecule has 4 heteroatoms. The van der Waals surface area contributed by atoms with Crippen molar-refractivity contribution in [3.8, 4) is 0 Å². The molecule has 0 bridgehead atoms. The van der Waals surface area contributed by atoms with E-state index in [9.17, 15) is 9.90 Å². The van der Waals surface area contributed by atoms with Gasteiger partial charge in [0.15, 0.2) is 0 Å². The first-order valence-electron chi connectivity index (χ1n) is 9.04. The fourth-order valence-electron chi connectivity index (χ4n) is 5.50. The summed E-state index contributed by atoms with van der Waals surface area (Å²) in [6, 6.07) is 2.02. The highest BCUT2D eigenvalue weighted by molar-refractivity contribution is 5.92. The Kier molecular flexibility index (Phi) is 3.64. The van der Waals surface area contributed by atoms with E-state index in [-0.39, 0.29) is 22.7 Å². The number of aliphatic hydroxyl groups is 1. The van der Waals surface area contributed by atoms with Crippen LogP contribution in [0.2, 0.25) is 0 Å². The van der Waals surface area contributed by atoms with E-state index in [0.717, 1.165) is 37.7 Å². The van der Waals surface area contributed by atoms with Gasteiger partial charge in [0.05, 0.1) is 18.6 Å². The van der Waals surface area contributed by atoms with Crippen LogP contribution in [0.5, 0.6) is 0 Å². The second-order valence-electron chi connectivity index (χ2n) is 8.25. The molecule has 1 saturated carbocycles. The van der Waals surface area contributed by atoms with Crippen LogP contribution in [0, 0.1) is 22.7 Å². The number of furan rings is 1. The van der Waals surface area contributed by atoms with Gasteiger partial charge >= 0.3 is 5.97 Å². The number of rotatable bonds is 3. The first kappa shape index (κ1) is 15.9. The Labute approximate surface area is 142 Å². The van der Waals surface area contributed by atoms with Crippen LogP contribution in [0.1, 0.15) is 45.1 Å². The van der Waals surface area contributed by atoms with Crippen LogP contribution in [0.3, 0.4) is 0 Å². The van der Waals surface area contributed by atoms with Crippen LogP contribution >= 0.6 is 0 Å². The summed E-state index contributed by atoms with van der Waals surface area (Å²) >= 11 is 0. The van der Waals surface area contributed by atoms with E-state index in [1.54, 1.807) is 12.3 Å². The van der Waals surface area contributed by atoms with E-state index in [2.05, 4.69) is 13.8 Å². The molecule has 1 aromatic rings. The third-order valence-electron chi connectivity index (χ3n) is 7.20. The van der Waals surface area contributed by atoms with Crippen molar-refractivity contribution in [2.24, 2.45) is 22.7 Å². The maximum atomic E-state index is 12.2. The van der Waals surface area contributed by atoms with Crippen molar-refractivity contribution in [1.29, 1.82) is 0 Å². The summed E-state index contributed by atoms with van der Waals surface area (Å²) in [7, 11) is 0. The van der Waals surface area contributed by atoms with Crippen molar-refractivity contribution in [2.45, 2.75) is 52.1 Å². The highest BCUT2D eigenvalue weighted by atomic mass is 16.5. The minimum Gasteiger partial charge on any atom is -0.472 e. The summed E-state index contributed by atoms with van der Waals surface area (Å²) in [4.78, 5) is 12.2. The fraction of sp³-hybridized carbons (Fsp3) is 0.650. The minimum absolute atomic E-state index is 0.0734. The topological polar surface area (TPSA) is 59.7 Å². The quantitative estimate of drug-likeness (QED) is 0.862. The van der Waals surface area contributed by atoms with E-state index in [4.69, 9.17) is 9.15 Å². The lowest BCUT2D eigenvalue weighted by atomic mass is 9.46. The van der Waals surface area contributed by atoms with E-state index in [1.165, 1.54) is 5.56 Å². The molecule has 24 heavy (non-hydrogen) atoms. The molecule has 0 unspecified atom stereocenters. The third-order valence-corrected chi connectivity index (χ3v) is 7.20. The van der Waals surface area contributed by atoms with Gasteiger partial charge in [-0.2, -0.15) is 0 Å². The first-order chi connectivity index (χ1) is 11.5. The molecule has 0 radical (unpaired) electrons. The van der Waals surface area contributed by atoms with Gasteiger partial charge < -0.3 is 14.3 Å². The summed E-state index contributed by atoms with van der Waals surface area (Å²) < 4.78 is 10.7. The van der Waals surface area contributed by atoms with Gasteiger partial charge in [0.1, 0.15) is 6.61 Å². The molecule has 3 aliphatic rings. The van der Waals surface area contributed by atoms with Gasteiger partial charge in [0.2, 0.25) is 0 Å². The molecule has 5 atom stereocenters. The molecule has 1 saturated heterocycles. The molecular weight excluding hydrogens is 304 g/mol. The average molecular weight is 330 g/mol. The van der Waals surface area contributed by atoms with Crippen molar-refractivity contribution in [3.05, 3.63) is 35.8 Å². The fourth-order valence-corrected chi connectivity index (χ4v) is 5.50. The van der Waals surface area contributed by atoms with Crippen LogP contribution in [0.15, 0.2) is 34.7 Å². The molecule has 0 amide bonds. The van der Waals surface area contributed by atoms with E-state index < -0.39 is 6.10 Å². The number of hydrogen-bond donors (Lipinski definition) is 1. The van der Waals surface area contributed by atoms with Crippen molar-refractivity contribution < 1.29 is 19.1 Å². The summed E-state index contributed by atoms with van der Waals surface area (Å²) in [6.45, 7) is 5.16. The number of carbonyl (C=O) groups excluding carboxylic acids is 1. The number of hydrogen-bond acceptors (Lipinski definition) is 4. The Morgan fingerprint density at radius 1 is 1.42 bits per heavy atom. The second-order valence-corrected chi connectivity index (χ2v) is 8.25. The smallest absolute Gasteiger partial charge is 0.334 e. The maximum Gasteiger partial charge on any atom is 0.334 e. The lowest BCUT2D eigenvalue weighted by Crippen LogP contribution is -2.53. The van der Waals surface area contributed by atoms with Crippen molar-refractivity contribution in [1.82, 2.24) is 0 Å². The van der Waals surface area contributed by atoms with Gasteiger partial charge in [0.25, 0.3) is 0 Å². The number of esters is 1. The van der Waals surface area contributed by atoms with Crippen LogP contribution in [0.4, 0.5) is 0 Å². The summed E-state index contributed by atoms with van der Waals surface area (Å²) in [6.07, 6.45) is 9.58. The van der Waals surface area contributed by atoms with E-state index in [0.29, 0.717) is 12.5 Å². The Bertz CT molecular complexity index is 661. The van der Waals surface area contributed by atoms with Gasteiger partial charge in [-0.25, -0.2) is 4.79 Å². The highest BCUT2D eigenvalue weighted by Gasteiger charge is 2.61. The summed E-state index contributed by atoms with van der Waals surface area (Å²) in [5.74, 6) is 0.620. The summed E-state index contributed by atoms with van der Waals surface area (Å²) in [5, 5.41) is 10.4. The normalized spacial score (nSPS) is 41.4. The van der Waals surface area contributed by atoms with Crippen molar-refractivity contribution >= 4 is 5.97 Å². The molecule has 2 aliphatic carbocycles. The summed E-state index contributed by atoms with van der Waals surface area (Å²) in [5.41, 5.74) is 1.85. The highest BCUT2D eigenvalue weighted by Crippen LogP contribution is 2.63. The van der Waals surface area contributed by atoms with Crippen molar-refractivity contribution in [3.63, 3.8) is 0 Å². The molecule has 2 heterocycles. The number of carbonyl (C=O) groups is 1. The minimum atomic E-state index is -0.540. The maximum absolute atomic E-state index is 12.2. The Morgan fingerprint density at radius 3 is 3.00 bits per heavy atom. The van der Waals surface area contributed by atoms with Gasteiger partial charge in [-0.05, 0) is 67.1 Å². The van der Waals surface area contributed by atoms with Crippen LogP contribution in [-0.4, -0.2) is 23.8 Å². The van der Waals surface area contributed by atoms with Gasteiger partial charge in [-0.15, -0.1) is 0 Å². The molecule has 1 aliphatic heterocycles. The average Bonchev–Trinajstić information content (AvgIpc) is 3.18.